The SMILES string of the molecule is O=C(NCCn1nc(-c2ccncc2)cc1C1CC1)c1cccnc1. The van der Waals surface area contributed by atoms with Crippen LogP contribution >= 0.6 is 0 Å². The van der Waals surface area contributed by atoms with Crippen molar-refractivity contribution in [2.45, 2.75) is 25.3 Å². The number of carbonyl (C=O) groups excluding carboxylic acids is 1. The lowest BCUT2D eigenvalue weighted by Gasteiger charge is -2.08. The molecule has 0 atom stereocenters. The average molecular weight is 333 g/mol. The van der Waals surface area contributed by atoms with E-state index >= 15 is 0 Å². The van der Waals surface area contributed by atoms with Crippen LogP contribution < -0.4 is 5.32 Å². The summed E-state index contributed by atoms with van der Waals surface area (Å²) < 4.78 is 2.02. The molecule has 1 fully saturated rings. The molecule has 0 unspecified atom stereocenters. The van der Waals surface area contributed by atoms with Gasteiger partial charge in [0.05, 0.1) is 17.8 Å². The average Bonchev–Trinajstić information content (AvgIpc) is 3.43. The van der Waals surface area contributed by atoms with Crippen LogP contribution in [0, 0.1) is 0 Å². The zero-order chi connectivity index (χ0) is 17.1. The van der Waals surface area contributed by atoms with Gasteiger partial charge in [-0.3, -0.25) is 19.4 Å². The number of aromatic nitrogens is 4. The van der Waals surface area contributed by atoms with Crippen molar-refractivity contribution in [3.63, 3.8) is 0 Å². The third kappa shape index (κ3) is 3.57. The third-order valence-electron chi connectivity index (χ3n) is 4.32. The van der Waals surface area contributed by atoms with Gasteiger partial charge < -0.3 is 5.32 Å². The number of nitrogens with one attached hydrogen (secondary N) is 1. The summed E-state index contributed by atoms with van der Waals surface area (Å²) in [6.07, 6.45) is 9.20. The second-order valence-corrected chi connectivity index (χ2v) is 6.19. The second-order valence-electron chi connectivity index (χ2n) is 6.19. The molecule has 1 N–H and O–H groups in total. The molecule has 0 aliphatic heterocycles. The van der Waals surface area contributed by atoms with E-state index < -0.39 is 0 Å². The fourth-order valence-electron chi connectivity index (χ4n) is 2.86. The molecule has 0 saturated heterocycles. The molecule has 1 aliphatic rings. The lowest BCUT2D eigenvalue weighted by Crippen LogP contribution is -2.28. The number of rotatable bonds is 6. The zero-order valence-corrected chi connectivity index (χ0v) is 13.8. The molecule has 0 spiro atoms. The Morgan fingerprint density at radius 1 is 1.16 bits per heavy atom. The van der Waals surface area contributed by atoms with Crippen molar-refractivity contribution in [3.8, 4) is 11.3 Å². The first-order valence-electron chi connectivity index (χ1n) is 8.47. The van der Waals surface area contributed by atoms with Crippen molar-refractivity contribution in [2.75, 3.05) is 6.54 Å². The molecule has 0 radical (unpaired) electrons. The van der Waals surface area contributed by atoms with Crippen LogP contribution in [0.25, 0.3) is 11.3 Å². The minimum Gasteiger partial charge on any atom is -0.350 e. The Bertz CT molecular complexity index is 856. The van der Waals surface area contributed by atoms with E-state index in [0.29, 0.717) is 24.6 Å². The Balaban J connectivity index is 1.45. The summed E-state index contributed by atoms with van der Waals surface area (Å²) in [6.45, 7) is 1.19. The van der Waals surface area contributed by atoms with Gasteiger partial charge in [0.25, 0.3) is 5.91 Å². The molecule has 0 bridgehead atoms. The maximum absolute atomic E-state index is 12.1. The van der Waals surface area contributed by atoms with Gasteiger partial charge in [0.15, 0.2) is 0 Å². The molecule has 3 aromatic heterocycles. The second kappa shape index (κ2) is 6.84. The van der Waals surface area contributed by atoms with Crippen molar-refractivity contribution in [3.05, 3.63) is 66.4 Å². The molecule has 0 aromatic carbocycles. The molecule has 1 saturated carbocycles. The number of hydrogen-bond acceptors (Lipinski definition) is 4. The summed E-state index contributed by atoms with van der Waals surface area (Å²) >= 11 is 0. The van der Waals surface area contributed by atoms with Gasteiger partial charge in [0.2, 0.25) is 0 Å². The van der Waals surface area contributed by atoms with E-state index in [0.717, 1.165) is 11.3 Å². The molecule has 6 nitrogen and oxygen atoms in total. The highest BCUT2D eigenvalue weighted by Gasteiger charge is 2.28. The van der Waals surface area contributed by atoms with Crippen molar-refractivity contribution in [2.24, 2.45) is 0 Å². The molecule has 3 aromatic rings. The Morgan fingerprint density at radius 3 is 2.72 bits per heavy atom. The number of carbonyl (C=O) groups is 1. The third-order valence-corrected chi connectivity index (χ3v) is 4.32. The minimum atomic E-state index is -0.109. The molecule has 1 amide bonds. The minimum absolute atomic E-state index is 0.109. The smallest absolute Gasteiger partial charge is 0.252 e. The van der Waals surface area contributed by atoms with Gasteiger partial charge in [0.1, 0.15) is 0 Å². The molecule has 6 heteroatoms. The fraction of sp³-hybridized carbons (Fsp3) is 0.263. The maximum atomic E-state index is 12.1. The molecule has 3 heterocycles. The summed E-state index contributed by atoms with van der Waals surface area (Å²) in [5.74, 6) is 0.486. The summed E-state index contributed by atoms with van der Waals surface area (Å²) in [6, 6.07) is 9.61. The lowest BCUT2D eigenvalue weighted by molar-refractivity contribution is 0.0951. The van der Waals surface area contributed by atoms with Crippen LogP contribution in [0.5, 0.6) is 0 Å². The van der Waals surface area contributed by atoms with Crippen molar-refractivity contribution in [1.82, 2.24) is 25.1 Å². The van der Waals surface area contributed by atoms with Gasteiger partial charge >= 0.3 is 0 Å². The Labute approximate surface area is 145 Å². The van der Waals surface area contributed by atoms with Crippen LogP contribution in [0.2, 0.25) is 0 Å². The predicted octanol–water partition coefficient (Wildman–Crippen LogP) is 2.65. The van der Waals surface area contributed by atoms with E-state index in [-0.39, 0.29) is 5.91 Å². The van der Waals surface area contributed by atoms with E-state index in [4.69, 9.17) is 5.10 Å². The van der Waals surface area contributed by atoms with Crippen molar-refractivity contribution < 1.29 is 4.79 Å². The monoisotopic (exact) mass is 333 g/mol. The first-order valence-corrected chi connectivity index (χ1v) is 8.47. The van der Waals surface area contributed by atoms with Gasteiger partial charge in [-0.2, -0.15) is 5.10 Å². The lowest BCUT2D eigenvalue weighted by atomic mass is 10.2. The van der Waals surface area contributed by atoms with Crippen LogP contribution in [0.3, 0.4) is 0 Å². The standard InChI is InChI=1S/C19H19N5O/c25-19(16-2-1-7-21-13-16)22-10-11-24-18(15-3-4-15)12-17(23-24)14-5-8-20-9-6-14/h1-2,5-9,12-13,15H,3-4,10-11H2,(H,22,25). The highest BCUT2D eigenvalue weighted by atomic mass is 16.1. The molecule has 1 aliphatic carbocycles. The first kappa shape index (κ1) is 15.5. The van der Waals surface area contributed by atoms with Crippen LogP contribution in [0.15, 0.2) is 55.1 Å². The topological polar surface area (TPSA) is 72.7 Å². The molecular formula is C19H19N5O. The van der Waals surface area contributed by atoms with E-state index in [9.17, 15) is 4.79 Å². The van der Waals surface area contributed by atoms with Crippen LogP contribution in [-0.4, -0.2) is 32.2 Å². The zero-order valence-electron chi connectivity index (χ0n) is 13.8. The van der Waals surface area contributed by atoms with E-state index in [1.165, 1.54) is 18.5 Å². The predicted molar refractivity (Wildman–Crippen MR) is 94.0 cm³/mol. The van der Waals surface area contributed by atoms with E-state index in [2.05, 4.69) is 21.4 Å². The quantitative estimate of drug-likeness (QED) is 0.753. The number of amides is 1. The molecular weight excluding hydrogens is 314 g/mol. The summed E-state index contributed by atoms with van der Waals surface area (Å²) in [4.78, 5) is 20.1. The molecule has 25 heavy (non-hydrogen) atoms. The maximum Gasteiger partial charge on any atom is 0.252 e. The highest BCUT2D eigenvalue weighted by molar-refractivity contribution is 5.93. The van der Waals surface area contributed by atoms with Crippen LogP contribution in [-0.2, 0) is 6.54 Å². The first-order chi connectivity index (χ1) is 12.3. The van der Waals surface area contributed by atoms with Crippen molar-refractivity contribution >= 4 is 5.91 Å². The van der Waals surface area contributed by atoms with Crippen LogP contribution in [0.4, 0.5) is 0 Å². The highest BCUT2D eigenvalue weighted by Crippen LogP contribution is 2.41. The van der Waals surface area contributed by atoms with Gasteiger partial charge in [-0.1, -0.05) is 0 Å². The largest absolute Gasteiger partial charge is 0.350 e. The molecule has 4 rings (SSSR count). The van der Waals surface area contributed by atoms with E-state index in [1.54, 1.807) is 36.9 Å². The number of hydrogen-bond donors (Lipinski definition) is 1. The number of pyridine rings is 2. The number of nitrogens with zero attached hydrogens (tertiary/aromatic N) is 4. The Morgan fingerprint density at radius 2 is 2.00 bits per heavy atom. The van der Waals surface area contributed by atoms with Gasteiger partial charge in [-0.05, 0) is 43.2 Å². The normalized spacial score (nSPS) is 13.6. The van der Waals surface area contributed by atoms with Crippen molar-refractivity contribution in [1.29, 1.82) is 0 Å². The Hall–Kier alpha value is -3.02. The van der Waals surface area contributed by atoms with Gasteiger partial charge in [-0.25, -0.2) is 0 Å². The summed E-state index contributed by atoms with van der Waals surface area (Å²) in [5.41, 5.74) is 3.85. The summed E-state index contributed by atoms with van der Waals surface area (Å²) in [5, 5.41) is 7.67. The van der Waals surface area contributed by atoms with E-state index in [1.807, 2.05) is 16.8 Å². The molecule has 126 valence electrons. The summed E-state index contributed by atoms with van der Waals surface area (Å²) in [7, 11) is 0. The Kier molecular flexibility index (Phi) is 4.24. The van der Waals surface area contributed by atoms with Gasteiger partial charge in [0, 0.05) is 48.5 Å². The van der Waals surface area contributed by atoms with Crippen LogP contribution in [0.1, 0.15) is 34.8 Å². The fourth-order valence-corrected chi connectivity index (χ4v) is 2.86. The van der Waals surface area contributed by atoms with Gasteiger partial charge in [-0.15, -0.1) is 0 Å².